The number of aryl methyl sites for hydroxylation is 1. The van der Waals surface area contributed by atoms with Gasteiger partial charge in [-0.2, -0.15) is 9.97 Å². The standard InChI is InChI=1S/C22H22N6O3/c1-13-25-20(31-27-13)14-7-2-3-8-15(14)22(29)28-12-5-4-9-16(28)18(23)21-26-19-17(30-21)10-6-11-24-19/h2-3,6-8,10-11,16,18H,4-5,9,12,23H2,1H3/t16-,18?/m0/s1. The van der Waals surface area contributed by atoms with Crippen molar-refractivity contribution in [2.45, 2.75) is 38.3 Å². The molecule has 1 fully saturated rings. The highest BCUT2D eigenvalue weighted by Crippen LogP contribution is 2.31. The number of rotatable bonds is 4. The number of fused-ring (bicyclic) bond motifs is 1. The third-order valence-corrected chi connectivity index (χ3v) is 5.61. The SMILES string of the molecule is Cc1noc(-c2ccccc2C(=O)N2CCCC[C@H]2C(N)c2nc3ncccc3o2)n1. The van der Waals surface area contributed by atoms with Gasteiger partial charge in [0.2, 0.25) is 5.89 Å². The van der Waals surface area contributed by atoms with Crippen LogP contribution in [-0.2, 0) is 0 Å². The molecule has 1 saturated heterocycles. The van der Waals surface area contributed by atoms with Crippen molar-refractivity contribution in [2.75, 3.05) is 6.54 Å². The fourth-order valence-electron chi connectivity index (χ4n) is 4.09. The first-order chi connectivity index (χ1) is 15.1. The molecule has 0 radical (unpaired) electrons. The van der Waals surface area contributed by atoms with Crippen LogP contribution in [0.5, 0.6) is 0 Å². The number of carbonyl (C=O) groups is 1. The monoisotopic (exact) mass is 418 g/mol. The molecule has 5 rings (SSSR count). The first-order valence-electron chi connectivity index (χ1n) is 10.3. The first-order valence-corrected chi connectivity index (χ1v) is 10.3. The number of nitrogens with zero attached hydrogens (tertiary/aromatic N) is 5. The summed E-state index contributed by atoms with van der Waals surface area (Å²) in [5, 5.41) is 3.85. The average molecular weight is 418 g/mol. The fraction of sp³-hybridized carbons (Fsp3) is 0.318. The van der Waals surface area contributed by atoms with Crippen molar-refractivity contribution in [3.8, 4) is 11.5 Å². The van der Waals surface area contributed by atoms with Gasteiger partial charge >= 0.3 is 0 Å². The van der Waals surface area contributed by atoms with E-state index in [-0.39, 0.29) is 11.9 Å². The smallest absolute Gasteiger partial charge is 0.258 e. The van der Waals surface area contributed by atoms with Gasteiger partial charge in [0.1, 0.15) is 6.04 Å². The second-order valence-corrected chi connectivity index (χ2v) is 7.66. The number of hydrogen-bond donors (Lipinski definition) is 1. The van der Waals surface area contributed by atoms with Crippen molar-refractivity contribution < 1.29 is 13.7 Å². The third kappa shape index (κ3) is 3.57. The van der Waals surface area contributed by atoms with E-state index in [9.17, 15) is 4.79 Å². The largest absolute Gasteiger partial charge is 0.437 e. The van der Waals surface area contributed by atoms with Gasteiger partial charge in [0.15, 0.2) is 17.1 Å². The lowest BCUT2D eigenvalue weighted by atomic mass is 9.94. The maximum Gasteiger partial charge on any atom is 0.258 e. The van der Waals surface area contributed by atoms with Crippen molar-refractivity contribution in [2.24, 2.45) is 5.73 Å². The van der Waals surface area contributed by atoms with Crippen LogP contribution in [0.2, 0.25) is 0 Å². The molecule has 1 aliphatic rings. The van der Waals surface area contributed by atoms with Crippen LogP contribution in [0, 0.1) is 6.92 Å². The molecule has 9 heteroatoms. The van der Waals surface area contributed by atoms with Crippen LogP contribution in [0.4, 0.5) is 0 Å². The summed E-state index contributed by atoms with van der Waals surface area (Å²) >= 11 is 0. The van der Waals surface area contributed by atoms with E-state index in [2.05, 4.69) is 20.1 Å². The normalized spacial score (nSPS) is 17.7. The second kappa shape index (κ2) is 7.92. The van der Waals surface area contributed by atoms with Gasteiger partial charge in [-0.3, -0.25) is 4.79 Å². The molecule has 1 aliphatic heterocycles. The Hall–Kier alpha value is -3.59. The number of hydrogen-bond acceptors (Lipinski definition) is 8. The number of oxazole rings is 1. The summed E-state index contributed by atoms with van der Waals surface area (Å²) in [6.07, 6.45) is 4.31. The summed E-state index contributed by atoms with van der Waals surface area (Å²) in [6, 6.07) is 10.0. The summed E-state index contributed by atoms with van der Waals surface area (Å²) < 4.78 is 11.2. The van der Waals surface area contributed by atoms with Gasteiger partial charge in [0, 0.05) is 12.7 Å². The summed E-state index contributed by atoms with van der Waals surface area (Å²) in [4.78, 5) is 28.4. The van der Waals surface area contributed by atoms with Crippen LogP contribution in [0.3, 0.4) is 0 Å². The lowest BCUT2D eigenvalue weighted by Crippen LogP contribution is -2.49. The molecule has 0 spiro atoms. The van der Waals surface area contributed by atoms with Gasteiger partial charge in [-0.1, -0.05) is 17.3 Å². The van der Waals surface area contributed by atoms with E-state index in [0.717, 1.165) is 19.3 Å². The molecule has 4 aromatic rings. The minimum absolute atomic E-state index is 0.124. The fourth-order valence-corrected chi connectivity index (χ4v) is 4.09. The highest BCUT2D eigenvalue weighted by atomic mass is 16.5. The molecule has 0 bridgehead atoms. The lowest BCUT2D eigenvalue weighted by molar-refractivity contribution is 0.0561. The number of carbonyl (C=O) groups excluding carboxylic acids is 1. The van der Waals surface area contributed by atoms with Gasteiger partial charge in [-0.05, 0) is 50.5 Å². The summed E-state index contributed by atoms with van der Waals surface area (Å²) in [5.74, 6) is 1.10. The molecule has 158 valence electrons. The van der Waals surface area contributed by atoms with Gasteiger partial charge in [0.25, 0.3) is 11.8 Å². The number of aromatic nitrogens is 4. The molecular weight excluding hydrogens is 396 g/mol. The molecule has 9 nitrogen and oxygen atoms in total. The Bertz CT molecular complexity index is 1200. The topological polar surface area (TPSA) is 124 Å². The molecule has 2 N–H and O–H groups in total. The zero-order chi connectivity index (χ0) is 21.4. The van der Waals surface area contributed by atoms with Crippen molar-refractivity contribution in [3.63, 3.8) is 0 Å². The van der Waals surface area contributed by atoms with Crippen LogP contribution < -0.4 is 5.73 Å². The molecule has 1 aromatic carbocycles. The Morgan fingerprint density at radius 2 is 2.06 bits per heavy atom. The minimum Gasteiger partial charge on any atom is -0.437 e. The Labute approximate surface area is 178 Å². The van der Waals surface area contributed by atoms with E-state index in [0.29, 0.717) is 46.5 Å². The van der Waals surface area contributed by atoms with Gasteiger partial charge in [-0.15, -0.1) is 0 Å². The molecule has 3 aromatic heterocycles. The number of benzene rings is 1. The summed E-state index contributed by atoms with van der Waals surface area (Å²) in [6.45, 7) is 2.35. The number of likely N-dealkylation sites (tertiary alicyclic amines) is 1. The van der Waals surface area contributed by atoms with Gasteiger partial charge < -0.3 is 19.6 Å². The van der Waals surface area contributed by atoms with E-state index in [1.165, 1.54) is 0 Å². The average Bonchev–Trinajstić information content (AvgIpc) is 3.44. The zero-order valence-electron chi connectivity index (χ0n) is 17.1. The molecule has 0 aliphatic carbocycles. The third-order valence-electron chi connectivity index (χ3n) is 5.61. The Morgan fingerprint density at radius 3 is 2.87 bits per heavy atom. The summed E-state index contributed by atoms with van der Waals surface area (Å²) in [7, 11) is 0. The molecule has 1 amide bonds. The highest BCUT2D eigenvalue weighted by molar-refractivity contribution is 6.00. The van der Waals surface area contributed by atoms with Crippen LogP contribution >= 0.6 is 0 Å². The van der Waals surface area contributed by atoms with E-state index in [1.807, 2.05) is 23.1 Å². The van der Waals surface area contributed by atoms with E-state index in [1.54, 1.807) is 31.3 Å². The van der Waals surface area contributed by atoms with Crippen molar-refractivity contribution >= 4 is 17.1 Å². The van der Waals surface area contributed by atoms with Crippen LogP contribution in [0.15, 0.2) is 51.5 Å². The molecule has 2 atom stereocenters. The van der Waals surface area contributed by atoms with Gasteiger partial charge in [-0.25, -0.2) is 4.98 Å². The number of amides is 1. The van der Waals surface area contributed by atoms with Crippen molar-refractivity contribution in [3.05, 3.63) is 59.9 Å². The van der Waals surface area contributed by atoms with E-state index in [4.69, 9.17) is 14.7 Å². The van der Waals surface area contributed by atoms with E-state index >= 15 is 0 Å². The van der Waals surface area contributed by atoms with Crippen LogP contribution in [-0.4, -0.2) is 43.5 Å². The Morgan fingerprint density at radius 1 is 1.19 bits per heavy atom. The number of piperidine rings is 1. The van der Waals surface area contributed by atoms with E-state index < -0.39 is 6.04 Å². The van der Waals surface area contributed by atoms with Crippen LogP contribution in [0.25, 0.3) is 22.7 Å². The minimum atomic E-state index is -0.559. The molecule has 1 unspecified atom stereocenters. The first kappa shape index (κ1) is 19.4. The molecule has 0 saturated carbocycles. The second-order valence-electron chi connectivity index (χ2n) is 7.66. The highest BCUT2D eigenvalue weighted by Gasteiger charge is 2.36. The molecular formula is C22H22N6O3. The maximum absolute atomic E-state index is 13.6. The maximum atomic E-state index is 13.6. The predicted molar refractivity (Wildman–Crippen MR) is 112 cm³/mol. The van der Waals surface area contributed by atoms with Crippen molar-refractivity contribution in [1.82, 2.24) is 25.0 Å². The quantitative estimate of drug-likeness (QED) is 0.535. The predicted octanol–water partition coefficient (Wildman–Crippen LogP) is 3.28. The van der Waals surface area contributed by atoms with Gasteiger partial charge in [0.05, 0.1) is 17.2 Å². The Balaban J connectivity index is 1.48. The molecule has 4 heterocycles. The Kier molecular flexibility index (Phi) is 4.95. The summed E-state index contributed by atoms with van der Waals surface area (Å²) in [5.41, 5.74) is 8.78. The number of pyridine rings is 1. The zero-order valence-corrected chi connectivity index (χ0v) is 17.1. The number of nitrogens with two attached hydrogens (primary N) is 1. The van der Waals surface area contributed by atoms with Crippen LogP contribution in [0.1, 0.15) is 47.4 Å². The van der Waals surface area contributed by atoms with Crippen molar-refractivity contribution in [1.29, 1.82) is 0 Å². The lowest BCUT2D eigenvalue weighted by Gasteiger charge is -2.38. The molecule has 31 heavy (non-hydrogen) atoms.